The maximum atomic E-state index is 10.6. The molecule has 0 atom stereocenters. The van der Waals surface area contributed by atoms with Gasteiger partial charge in [-0.3, -0.25) is 4.79 Å². The second-order valence-corrected chi connectivity index (χ2v) is 5.82. The summed E-state index contributed by atoms with van der Waals surface area (Å²) in [6, 6.07) is 0. The van der Waals surface area contributed by atoms with Crippen LogP contribution in [0.5, 0.6) is 0 Å². The van der Waals surface area contributed by atoms with Crippen molar-refractivity contribution in [1.29, 1.82) is 0 Å². The van der Waals surface area contributed by atoms with Gasteiger partial charge < -0.3 is 14.6 Å². The van der Waals surface area contributed by atoms with Crippen molar-refractivity contribution in [3.8, 4) is 0 Å². The largest absolute Gasteiger partial charge is 0.481 e. The predicted octanol–water partition coefficient (Wildman–Crippen LogP) is 2.18. The molecule has 0 aromatic carbocycles. The van der Waals surface area contributed by atoms with Gasteiger partial charge in [0.2, 0.25) is 0 Å². The Hall–Kier alpha value is -0.610. The van der Waals surface area contributed by atoms with E-state index in [0.29, 0.717) is 19.8 Å². The van der Waals surface area contributed by atoms with Crippen LogP contribution >= 0.6 is 0 Å². The second-order valence-electron chi connectivity index (χ2n) is 5.82. The highest BCUT2D eigenvalue weighted by Crippen LogP contribution is 2.23. The Bertz CT molecular complexity index is 221. The fraction of sp³-hybridized carbons (Fsp3) is 0.917. The maximum absolute atomic E-state index is 10.6. The molecule has 0 saturated carbocycles. The fourth-order valence-electron chi connectivity index (χ4n) is 1.50. The van der Waals surface area contributed by atoms with E-state index in [-0.39, 0.29) is 17.3 Å². The number of ether oxygens (including phenoxy) is 2. The lowest BCUT2D eigenvalue weighted by Gasteiger charge is -2.27. The average molecular weight is 232 g/mol. The fourth-order valence-corrected chi connectivity index (χ4v) is 1.50. The van der Waals surface area contributed by atoms with Crippen LogP contribution in [0.4, 0.5) is 0 Å². The van der Waals surface area contributed by atoms with Crippen molar-refractivity contribution in [2.45, 2.75) is 34.1 Å². The molecule has 96 valence electrons. The van der Waals surface area contributed by atoms with Crippen LogP contribution in [-0.4, -0.2) is 38.0 Å². The molecule has 0 fully saturated rings. The van der Waals surface area contributed by atoms with Crippen LogP contribution in [0.2, 0.25) is 0 Å². The number of methoxy groups -OCH3 is 1. The smallest absolute Gasteiger partial charge is 0.303 e. The summed E-state index contributed by atoms with van der Waals surface area (Å²) in [6.45, 7) is 9.55. The van der Waals surface area contributed by atoms with Crippen molar-refractivity contribution in [3.05, 3.63) is 0 Å². The number of carboxylic acid groups (broad SMARTS) is 1. The summed E-state index contributed by atoms with van der Waals surface area (Å²) in [7, 11) is 1.66. The van der Waals surface area contributed by atoms with Gasteiger partial charge in [-0.2, -0.15) is 0 Å². The van der Waals surface area contributed by atoms with E-state index >= 15 is 0 Å². The van der Waals surface area contributed by atoms with Crippen LogP contribution < -0.4 is 0 Å². The first kappa shape index (κ1) is 15.4. The Morgan fingerprint density at radius 3 is 2.00 bits per heavy atom. The zero-order valence-electron chi connectivity index (χ0n) is 11.0. The molecule has 0 saturated heterocycles. The number of rotatable bonds is 8. The van der Waals surface area contributed by atoms with Crippen molar-refractivity contribution in [2.24, 2.45) is 10.8 Å². The van der Waals surface area contributed by atoms with Crippen LogP contribution in [0.1, 0.15) is 34.1 Å². The second kappa shape index (κ2) is 6.21. The van der Waals surface area contributed by atoms with E-state index in [2.05, 4.69) is 13.8 Å². The van der Waals surface area contributed by atoms with E-state index in [4.69, 9.17) is 14.6 Å². The lowest BCUT2D eigenvalue weighted by Crippen LogP contribution is -2.29. The molecule has 1 N–H and O–H groups in total. The number of hydrogen-bond acceptors (Lipinski definition) is 3. The van der Waals surface area contributed by atoms with Crippen LogP contribution in [-0.2, 0) is 14.3 Å². The van der Waals surface area contributed by atoms with Crippen molar-refractivity contribution < 1.29 is 19.4 Å². The highest BCUT2D eigenvalue weighted by Gasteiger charge is 2.24. The van der Waals surface area contributed by atoms with E-state index in [0.717, 1.165) is 0 Å². The molecular formula is C12H24O4. The van der Waals surface area contributed by atoms with Crippen LogP contribution in [0.25, 0.3) is 0 Å². The topological polar surface area (TPSA) is 55.8 Å². The number of carbonyl (C=O) groups is 1. The first-order valence-electron chi connectivity index (χ1n) is 5.47. The molecule has 0 rings (SSSR count). The SMILES string of the molecule is COCC(C)(C)COCC(C)(C)CC(=O)O. The molecule has 0 aliphatic rings. The molecule has 0 radical (unpaired) electrons. The Kier molecular flexibility index (Phi) is 5.97. The van der Waals surface area contributed by atoms with Crippen molar-refractivity contribution >= 4 is 5.97 Å². The van der Waals surface area contributed by atoms with Crippen LogP contribution in [0, 0.1) is 10.8 Å². The molecule has 0 unspecified atom stereocenters. The molecule has 0 aliphatic heterocycles. The van der Waals surface area contributed by atoms with Crippen LogP contribution in [0.15, 0.2) is 0 Å². The summed E-state index contributed by atoms with van der Waals surface area (Å²) in [5, 5.41) is 8.72. The minimum atomic E-state index is -0.787. The van der Waals surface area contributed by atoms with Gasteiger partial charge in [0.15, 0.2) is 0 Å². The van der Waals surface area contributed by atoms with Crippen molar-refractivity contribution in [2.75, 3.05) is 26.9 Å². The quantitative estimate of drug-likeness (QED) is 0.697. The minimum Gasteiger partial charge on any atom is -0.481 e. The maximum Gasteiger partial charge on any atom is 0.303 e. The zero-order valence-corrected chi connectivity index (χ0v) is 11.0. The van der Waals surface area contributed by atoms with Gasteiger partial charge in [-0.15, -0.1) is 0 Å². The number of hydrogen-bond donors (Lipinski definition) is 1. The summed E-state index contributed by atoms with van der Waals surface area (Å²) in [5.41, 5.74) is -0.358. The lowest BCUT2D eigenvalue weighted by atomic mass is 9.90. The summed E-state index contributed by atoms with van der Waals surface area (Å²) < 4.78 is 10.7. The average Bonchev–Trinajstić information content (AvgIpc) is 1.99. The van der Waals surface area contributed by atoms with Gasteiger partial charge in [0.25, 0.3) is 0 Å². The molecule has 0 spiro atoms. The first-order chi connectivity index (χ1) is 7.18. The van der Waals surface area contributed by atoms with E-state index in [1.165, 1.54) is 0 Å². The van der Waals surface area contributed by atoms with E-state index in [1.54, 1.807) is 7.11 Å². The van der Waals surface area contributed by atoms with E-state index in [9.17, 15) is 4.79 Å². The highest BCUT2D eigenvalue weighted by molar-refractivity contribution is 5.67. The molecule has 0 aliphatic carbocycles. The highest BCUT2D eigenvalue weighted by atomic mass is 16.5. The Morgan fingerprint density at radius 1 is 1.06 bits per heavy atom. The lowest BCUT2D eigenvalue weighted by molar-refractivity contribution is -0.140. The van der Waals surface area contributed by atoms with E-state index < -0.39 is 5.97 Å². The van der Waals surface area contributed by atoms with Gasteiger partial charge in [0.1, 0.15) is 0 Å². The number of carboxylic acids is 1. The molecule has 4 nitrogen and oxygen atoms in total. The molecule has 0 heterocycles. The van der Waals surface area contributed by atoms with Gasteiger partial charge in [-0.1, -0.05) is 27.7 Å². The predicted molar refractivity (Wildman–Crippen MR) is 62.5 cm³/mol. The van der Waals surface area contributed by atoms with Gasteiger partial charge in [0, 0.05) is 12.5 Å². The van der Waals surface area contributed by atoms with Gasteiger partial charge in [-0.25, -0.2) is 0 Å². The summed E-state index contributed by atoms with van der Waals surface area (Å²) in [5.74, 6) is -0.787. The molecule has 0 aromatic rings. The Morgan fingerprint density at radius 2 is 1.56 bits per heavy atom. The Labute approximate surface area is 97.9 Å². The normalized spacial score (nSPS) is 12.8. The first-order valence-corrected chi connectivity index (χ1v) is 5.47. The summed E-state index contributed by atoms with van der Waals surface area (Å²) >= 11 is 0. The molecule has 0 amide bonds. The van der Waals surface area contributed by atoms with Gasteiger partial charge in [0.05, 0.1) is 26.2 Å². The molecule has 4 heteroatoms. The number of aliphatic carboxylic acids is 1. The third-order valence-electron chi connectivity index (χ3n) is 2.15. The minimum absolute atomic E-state index is 0.0337. The molecule has 0 bridgehead atoms. The van der Waals surface area contributed by atoms with Crippen LogP contribution in [0.3, 0.4) is 0 Å². The van der Waals surface area contributed by atoms with E-state index in [1.807, 2.05) is 13.8 Å². The molecule has 0 aromatic heterocycles. The third-order valence-corrected chi connectivity index (χ3v) is 2.15. The van der Waals surface area contributed by atoms with Gasteiger partial charge in [-0.05, 0) is 5.41 Å². The monoisotopic (exact) mass is 232 g/mol. The summed E-state index contributed by atoms with van der Waals surface area (Å²) in [6.07, 6.45) is 0.123. The summed E-state index contributed by atoms with van der Waals surface area (Å²) in [4.78, 5) is 10.6. The zero-order chi connectivity index (χ0) is 12.8. The molecular weight excluding hydrogens is 208 g/mol. The van der Waals surface area contributed by atoms with Gasteiger partial charge >= 0.3 is 5.97 Å². The standard InChI is InChI=1S/C12H24O4/c1-11(2,6-10(13)14)8-16-9-12(3,4)7-15-5/h6-9H2,1-5H3,(H,13,14). The van der Waals surface area contributed by atoms with Crippen molar-refractivity contribution in [3.63, 3.8) is 0 Å². The third kappa shape index (κ3) is 7.65. The molecule has 16 heavy (non-hydrogen) atoms. The van der Waals surface area contributed by atoms with Crippen molar-refractivity contribution in [1.82, 2.24) is 0 Å². The Balaban J connectivity index is 3.92.